The first kappa shape index (κ1) is 18.5. The van der Waals surface area contributed by atoms with Crippen LogP contribution in [0.1, 0.15) is 32.1 Å². The third-order valence-corrected chi connectivity index (χ3v) is 6.08. The molecule has 9 nitrogen and oxygen atoms in total. The van der Waals surface area contributed by atoms with E-state index in [9.17, 15) is 5.26 Å². The summed E-state index contributed by atoms with van der Waals surface area (Å²) in [5.41, 5.74) is 9.91. The van der Waals surface area contributed by atoms with E-state index in [1.165, 1.54) is 0 Å². The fourth-order valence-electron chi connectivity index (χ4n) is 4.33. The molecule has 2 N–H and O–H groups in total. The summed E-state index contributed by atoms with van der Waals surface area (Å²) in [5, 5.41) is 23.0. The van der Waals surface area contributed by atoms with Gasteiger partial charge in [-0.15, -0.1) is 0 Å². The van der Waals surface area contributed by atoms with Crippen LogP contribution in [0.15, 0.2) is 43.1 Å². The van der Waals surface area contributed by atoms with Crippen molar-refractivity contribution in [2.45, 2.75) is 43.7 Å². The fraction of sp³-hybridized carbons (Fsp3) is 0.381. The first-order chi connectivity index (χ1) is 14.6. The monoisotopic (exact) mass is 401 g/mol. The highest BCUT2D eigenvalue weighted by atomic mass is 15.3. The molecule has 0 aromatic carbocycles. The summed E-state index contributed by atoms with van der Waals surface area (Å²) in [4.78, 5) is 4.89. The van der Waals surface area contributed by atoms with Crippen molar-refractivity contribution in [3.8, 4) is 28.7 Å². The maximum Gasteiger partial charge on any atom is 0.112 e. The van der Waals surface area contributed by atoms with Crippen LogP contribution >= 0.6 is 0 Å². The summed E-state index contributed by atoms with van der Waals surface area (Å²) in [6.07, 6.45) is 13.3. The molecule has 5 rings (SSSR count). The highest BCUT2D eigenvalue weighted by molar-refractivity contribution is 5.77. The Hall–Kier alpha value is -3.51. The molecule has 1 aliphatic rings. The van der Waals surface area contributed by atoms with Crippen molar-refractivity contribution < 1.29 is 0 Å². The largest absolute Gasteiger partial charge is 0.328 e. The summed E-state index contributed by atoms with van der Waals surface area (Å²) in [7, 11) is 1.88. The van der Waals surface area contributed by atoms with Crippen LogP contribution in [0.4, 0.5) is 0 Å². The maximum atomic E-state index is 9.46. The second-order valence-corrected chi connectivity index (χ2v) is 8.08. The molecule has 0 unspecified atom stereocenters. The Balaban J connectivity index is 1.59. The Morgan fingerprint density at radius 2 is 2.03 bits per heavy atom. The Morgan fingerprint density at radius 1 is 1.20 bits per heavy atom. The van der Waals surface area contributed by atoms with Gasteiger partial charge in [0.05, 0.1) is 47.8 Å². The second-order valence-electron chi connectivity index (χ2n) is 8.08. The van der Waals surface area contributed by atoms with Gasteiger partial charge < -0.3 is 5.73 Å². The molecule has 0 aliphatic heterocycles. The zero-order valence-electron chi connectivity index (χ0n) is 16.8. The third kappa shape index (κ3) is 3.06. The molecule has 0 amide bonds. The van der Waals surface area contributed by atoms with E-state index in [-0.39, 0.29) is 11.6 Å². The van der Waals surface area contributed by atoms with E-state index in [0.29, 0.717) is 6.42 Å². The minimum atomic E-state index is -0.308. The molecule has 152 valence electrons. The zero-order chi connectivity index (χ0) is 20.7. The summed E-state index contributed by atoms with van der Waals surface area (Å²) in [6, 6.07) is 6.43. The number of nitrogens with zero attached hydrogens (tertiary/aromatic N) is 8. The van der Waals surface area contributed by atoms with Gasteiger partial charge in [-0.1, -0.05) is 0 Å². The molecule has 9 heteroatoms. The van der Waals surface area contributed by atoms with Crippen molar-refractivity contribution in [1.82, 2.24) is 34.2 Å². The van der Waals surface area contributed by atoms with Crippen LogP contribution in [0, 0.1) is 11.3 Å². The van der Waals surface area contributed by atoms with Gasteiger partial charge in [0.2, 0.25) is 0 Å². The number of hydrogen-bond acceptors (Lipinski definition) is 6. The maximum absolute atomic E-state index is 9.46. The molecule has 0 bridgehead atoms. The van der Waals surface area contributed by atoms with E-state index in [0.717, 1.165) is 53.8 Å². The zero-order valence-corrected chi connectivity index (χ0v) is 16.8. The number of aromatic nitrogens is 7. The average molecular weight is 401 g/mol. The fourth-order valence-corrected chi connectivity index (χ4v) is 4.33. The van der Waals surface area contributed by atoms with Crippen LogP contribution in [0.5, 0.6) is 0 Å². The van der Waals surface area contributed by atoms with Crippen molar-refractivity contribution in [2.75, 3.05) is 0 Å². The topological polar surface area (TPSA) is 116 Å². The lowest BCUT2D eigenvalue weighted by molar-refractivity contribution is 0.166. The van der Waals surface area contributed by atoms with Crippen LogP contribution in [0.25, 0.3) is 28.2 Å². The Bertz CT molecular complexity index is 1230. The molecule has 1 fully saturated rings. The molecule has 0 atom stereocenters. The van der Waals surface area contributed by atoms with Crippen LogP contribution in [0.2, 0.25) is 0 Å². The van der Waals surface area contributed by atoms with Crippen molar-refractivity contribution in [2.24, 2.45) is 12.8 Å². The van der Waals surface area contributed by atoms with Gasteiger partial charge in [-0.3, -0.25) is 9.36 Å². The van der Waals surface area contributed by atoms with E-state index >= 15 is 0 Å². The van der Waals surface area contributed by atoms with E-state index in [1.54, 1.807) is 10.9 Å². The molecule has 30 heavy (non-hydrogen) atoms. The lowest BCUT2D eigenvalue weighted by Gasteiger charge is -2.38. The number of hydrogen-bond donors (Lipinski definition) is 1. The number of nitriles is 1. The molecular formula is C21H23N9. The van der Waals surface area contributed by atoms with Gasteiger partial charge in [-0.2, -0.15) is 20.6 Å². The lowest BCUT2D eigenvalue weighted by atomic mass is 9.78. The Labute approximate surface area is 173 Å². The lowest BCUT2D eigenvalue weighted by Crippen LogP contribution is -2.41. The minimum Gasteiger partial charge on any atom is -0.328 e. The number of nitrogens with two attached hydrogens (primary N) is 1. The van der Waals surface area contributed by atoms with Gasteiger partial charge >= 0.3 is 0 Å². The van der Waals surface area contributed by atoms with E-state index in [2.05, 4.69) is 21.4 Å². The van der Waals surface area contributed by atoms with Gasteiger partial charge in [0.25, 0.3) is 0 Å². The van der Waals surface area contributed by atoms with Crippen LogP contribution < -0.4 is 5.73 Å². The normalized spacial score (nSPS) is 21.7. The standard InChI is InChI=1S/C21H23N9/c1-28-11-5-17(27-28)18-14-29-19(4-10-24-29)20(26-18)15-12-25-30(13-15)21(8-9-22)6-2-16(23)3-7-21/h4-5,10-14,16H,2-3,6-8,23H2,1H3/t16-,21+. The molecule has 0 saturated heterocycles. The van der Waals surface area contributed by atoms with Crippen molar-refractivity contribution in [3.05, 3.63) is 43.1 Å². The molecular weight excluding hydrogens is 378 g/mol. The third-order valence-electron chi connectivity index (χ3n) is 6.08. The van der Waals surface area contributed by atoms with Crippen molar-refractivity contribution in [3.63, 3.8) is 0 Å². The Morgan fingerprint density at radius 3 is 2.77 bits per heavy atom. The van der Waals surface area contributed by atoms with E-state index in [1.807, 2.05) is 53.2 Å². The SMILES string of the molecule is Cn1ccc(-c2cn3nccc3c(-c3cnn([C@]4(CC#N)CC[C@H](N)CC4)c3)n2)n1. The van der Waals surface area contributed by atoms with Crippen LogP contribution in [-0.2, 0) is 12.6 Å². The van der Waals surface area contributed by atoms with E-state index in [4.69, 9.17) is 10.7 Å². The summed E-state index contributed by atoms with van der Waals surface area (Å²) in [6.45, 7) is 0. The van der Waals surface area contributed by atoms with Crippen LogP contribution in [0.3, 0.4) is 0 Å². The minimum absolute atomic E-state index is 0.204. The summed E-state index contributed by atoms with van der Waals surface area (Å²) in [5.74, 6) is 0. The predicted octanol–water partition coefficient (Wildman–Crippen LogP) is 2.50. The van der Waals surface area contributed by atoms with Gasteiger partial charge in [0, 0.05) is 31.0 Å². The van der Waals surface area contributed by atoms with Crippen LogP contribution in [-0.4, -0.2) is 40.2 Å². The average Bonchev–Trinajstić information content (AvgIpc) is 3.49. The molecule has 1 saturated carbocycles. The quantitative estimate of drug-likeness (QED) is 0.562. The molecule has 4 heterocycles. The molecule has 0 spiro atoms. The first-order valence-corrected chi connectivity index (χ1v) is 10.1. The van der Waals surface area contributed by atoms with Gasteiger partial charge in [0.15, 0.2) is 0 Å². The van der Waals surface area contributed by atoms with Crippen molar-refractivity contribution in [1.29, 1.82) is 5.26 Å². The molecule has 4 aromatic rings. The van der Waals surface area contributed by atoms with Gasteiger partial charge in [0.1, 0.15) is 11.4 Å². The van der Waals surface area contributed by atoms with E-state index < -0.39 is 0 Å². The predicted molar refractivity (Wildman–Crippen MR) is 111 cm³/mol. The number of aryl methyl sites for hydroxylation is 1. The number of fused-ring (bicyclic) bond motifs is 1. The van der Waals surface area contributed by atoms with Gasteiger partial charge in [-0.05, 0) is 37.8 Å². The molecule has 0 radical (unpaired) electrons. The van der Waals surface area contributed by atoms with Crippen molar-refractivity contribution >= 4 is 5.52 Å². The summed E-state index contributed by atoms with van der Waals surface area (Å²) < 4.78 is 5.52. The molecule has 1 aliphatic carbocycles. The highest BCUT2D eigenvalue weighted by Crippen LogP contribution is 2.38. The second kappa shape index (κ2) is 7.07. The molecule has 4 aromatic heterocycles. The van der Waals surface area contributed by atoms with Gasteiger partial charge in [-0.25, -0.2) is 9.50 Å². The Kier molecular flexibility index (Phi) is 4.37. The smallest absolute Gasteiger partial charge is 0.112 e. The highest BCUT2D eigenvalue weighted by Gasteiger charge is 2.37. The first-order valence-electron chi connectivity index (χ1n) is 10.1. The number of rotatable bonds is 4. The summed E-state index contributed by atoms with van der Waals surface area (Å²) >= 11 is 0.